The van der Waals surface area contributed by atoms with Crippen molar-refractivity contribution in [1.29, 1.82) is 0 Å². The van der Waals surface area contributed by atoms with Gasteiger partial charge in [-0.3, -0.25) is 0 Å². The van der Waals surface area contributed by atoms with Gasteiger partial charge >= 0.3 is 0 Å². The molecule has 2 N–H and O–H groups in total. The van der Waals surface area contributed by atoms with Crippen LogP contribution in [-0.2, 0) is 0 Å². The van der Waals surface area contributed by atoms with E-state index in [1.54, 1.807) is 6.08 Å². The van der Waals surface area contributed by atoms with E-state index in [0.717, 1.165) is 6.42 Å². The molecule has 0 aromatic heterocycles. The van der Waals surface area contributed by atoms with Crippen LogP contribution in [0.2, 0.25) is 0 Å². The molecule has 0 rings (SSSR count). The van der Waals surface area contributed by atoms with Gasteiger partial charge in [-0.05, 0) is 13.3 Å². The summed E-state index contributed by atoms with van der Waals surface area (Å²) in [5, 5.41) is 0. The molecule has 1 heteroatoms. The van der Waals surface area contributed by atoms with Gasteiger partial charge in [-0.15, -0.1) is 6.58 Å². The topological polar surface area (TPSA) is 26.0 Å². The quantitative estimate of drug-likeness (QED) is 0.519. The summed E-state index contributed by atoms with van der Waals surface area (Å²) >= 11 is 0. The average Bonchev–Trinajstić information content (AvgIpc) is 1.68. The molecule has 1 nitrogen and oxygen atoms in total. The minimum Gasteiger partial charge on any atom is -0.322 e. The predicted octanol–water partition coefficient (Wildman–Crippen LogP) is 1.30. The van der Waals surface area contributed by atoms with Gasteiger partial charge in [0.15, 0.2) is 0 Å². The third kappa shape index (κ3) is 2.40. The van der Waals surface area contributed by atoms with E-state index in [1.165, 1.54) is 0 Å². The van der Waals surface area contributed by atoms with Crippen molar-refractivity contribution in [3.8, 4) is 0 Å². The third-order valence-corrected chi connectivity index (χ3v) is 1.23. The molecule has 0 bridgehead atoms. The summed E-state index contributed by atoms with van der Waals surface area (Å²) in [5.41, 5.74) is 5.44. The van der Waals surface area contributed by atoms with E-state index >= 15 is 0 Å². The zero-order chi connectivity index (χ0) is 5.91. The van der Waals surface area contributed by atoms with Crippen molar-refractivity contribution in [1.82, 2.24) is 0 Å². The fourth-order valence-electron chi connectivity index (χ4n) is 0.144. The van der Waals surface area contributed by atoms with Gasteiger partial charge in [0.1, 0.15) is 0 Å². The maximum Gasteiger partial charge on any atom is 0.0305 e. The van der Waals surface area contributed by atoms with E-state index in [9.17, 15) is 0 Å². The first kappa shape index (κ1) is 6.70. The van der Waals surface area contributed by atoms with Crippen LogP contribution in [0.5, 0.6) is 0 Å². The first-order chi connectivity index (χ1) is 3.12. The minimum absolute atomic E-state index is 0.153. The SMILES string of the molecule is C=C[C@](C)(N)CC. The summed E-state index contributed by atoms with van der Waals surface area (Å²) in [4.78, 5) is 0. The smallest absolute Gasteiger partial charge is 0.0305 e. The van der Waals surface area contributed by atoms with Crippen LogP contribution in [-0.4, -0.2) is 5.54 Å². The lowest BCUT2D eigenvalue weighted by Gasteiger charge is -2.15. The van der Waals surface area contributed by atoms with E-state index in [2.05, 4.69) is 6.58 Å². The van der Waals surface area contributed by atoms with Crippen molar-refractivity contribution in [2.24, 2.45) is 5.73 Å². The highest BCUT2D eigenvalue weighted by atomic mass is 14.7. The molecule has 0 saturated carbocycles. The Balaban J connectivity index is 3.58. The minimum atomic E-state index is -0.153. The number of hydrogen-bond acceptors (Lipinski definition) is 1. The highest BCUT2D eigenvalue weighted by Crippen LogP contribution is 2.03. The summed E-state index contributed by atoms with van der Waals surface area (Å²) in [7, 11) is 0. The van der Waals surface area contributed by atoms with Gasteiger partial charge in [-0.2, -0.15) is 0 Å². The van der Waals surface area contributed by atoms with Crippen molar-refractivity contribution in [3.05, 3.63) is 12.7 Å². The van der Waals surface area contributed by atoms with Crippen LogP contribution >= 0.6 is 0 Å². The van der Waals surface area contributed by atoms with Crippen LogP contribution in [0.3, 0.4) is 0 Å². The van der Waals surface area contributed by atoms with Gasteiger partial charge in [-0.25, -0.2) is 0 Å². The summed E-state index contributed by atoms with van der Waals surface area (Å²) in [5.74, 6) is 0. The zero-order valence-corrected chi connectivity index (χ0v) is 5.07. The number of hydrogen-bond donors (Lipinski definition) is 1. The van der Waals surface area contributed by atoms with Crippen LogP contribution in [0.25, 0.3) is 0 Å². The fourth-order valence-corrected chi connectivity index (χ4v) is 0.144. The third-order valence-electron chi connectivity index (χ3n) is 1.23. The van der Waals surface area contributed by atoms with E-state index in [-0.39, 0.29) is 5.54 Å². The maximum atomic E-state index is 5.60. The second kappa shape index (κ2) is 2.12. The first-order valence-corrected chi connectivity index (χ1v) is 2.55. The summed E-state index contributed by atoms with van der Waals surface area (Å²) in [6.07, 6.45) is 2.73. The van der Waals surface area contributed by atoms with Crippen LogP contribution in [0.4, 0.5) is 0 Å². The largest absolute Gasteiger partial charge is 0.322 e. The average molecular weight is 99.2 g/mol. The second-order valence-electron chi connectivity index (χ2n) is 2.06. The highest BCUT2D eigenvalue weighted by molar-refractivity contribution is 4.94. The molecule has 0 aliphatic heterocycles. The normalized spacial score (nSPS) is 18.1. The Bertz CT molecular complexity index is 64.6. The number of rotatable bonds is 2. The van der Waals surface area contributed by atoms with Crippen LogP contribution in [0, 0.1) is 0 Å². The van der Waals surface area contributed by atoms with E-state index in [0.29, 0.717) is 0 Å². The summed E-state index contributed by atoms with van der Waals surface area (Å²) in [6, 6.07) is 0. The molecule has 0 radical (unpaired) electrons. The molecular formula is C6H13N. The summed E-state index contributed by atoms with van der Waals surface area (Å²) in [6.45, 7) is 7.58. The van der Waals surface area contributed by atoms with E-state index < -0.39 is 0 Å². The van der Waals surface area contributed by atoms with Gasteiger partial charge < -0.3 is 5.73 Å². The molecule has 1 atom stereocenters. The van der Waals surface area contributed by atoms with Crippen LogP contribution in [0.1, 0.15) is 20.3 Å². The Morgan fingerprint density at radius 3 is 2.29 bits per heavy atom. The van der Waals surface area contributed by atoms with Gasteiger partial charge in [0, 0.05) is 5.54 Å². The van der Waals surface area contributed by atoms with Gasteiger partial charge in [0.05, 0.1) is 0 Å². The Morgan fingerprint density at radius 1 is 1.86 bits per heavy atom. The summed E-state index contributed by atoms with van der Waals surface area (Å²) < 4.78 is 0. The maximum absolute atomic E-state index is 5.60. The lowest BCUT2D eigenvalue weighted by Crippen LogP contribution is -2.31. The molecule has 0 amide bonds. The molecule has 0 heterocycles. The lowest BCUT2D eigenvalue weighted by atomic mass is 10.0. The molecule has 42 valence electrons. The van der Waals surface area contributed by atoms with Crippen molar-refractivity contribution in [2.45, 2.75) is 25.8 Å². The number of nitrogens with two attached hydrogens (primary N) is 1. The standard InChI is InChI=1S/C6H13N/c1-4-6(3,7)5-2/h4H,1,5,7H2,2-3H3/t6-/m0/s1. The van der Waals surface area contributed by atoms with E-state index in [1.807, 2.05) is 13.8 Å². The Kier molecular flexibility index (Phi) is 2.03. The Morgan fingerprint density at radius 2 is 2.29 bits per heavy atom. The molecule has 0 aromatic carbocycles. The molecule has 0 unspecified atom stereocenters. The van der Waals surface area contributed by atoms with Crippen molar-refractivity contribution >= 4 is 0 Å². The molecule has 0 spiro atoms. The molecule has 0 saturated heterocycles. The Labute approximate surface area is 45.2 Å². The van der Waals surface area contributed by atoms with Crippen molar-refractivity contribution < 1.29 is 0 Å². The van der Waals surface area contributed by atoms with E-state index in [4.69, 9.17) is 5.73 Å². The molecule has 0 aliphatic rings. The van der Waals surface area contributed by atoms with Crippen LogP contribution in [0.15, 0.2) is 12.7 Å². The molecule has 7 heavy (non-hydrogen) atoms. The van der Waals surface area contributed by atoms with Crippen LogP contribution < -0.4 is 5.73 Å². The van der Waals surface area contributed by atoms with Gasteiger partial charge in [-0.1, -0.05) is 13.0 Å². The van der Waals surface area contributed by atoms with Crippen molar-refractivity contribution in [2.75, 3.05) is 0 Å². The predicted molar refractivity (Wildman–Crippen MR) is 33.1 cm³/mol. The Hall–Kier alpha value is -0.300. The molecule has 0 aromatic rings. The monoisotopic (exact) mass is 99.1 g/mol. The van der Waals surface area contributed by atoms with Crippen molar-refractivity contribution in [3.63, 3.8) is 0 Å². The zero-order valence-electron chi connectivity index (χ0n) is 5.07. The molecular weight excluding hydrogens is 86.1 g/mol. The molecule has 0 aliphatic carbocycles. The van der Waals surface area contributed by atoms with Gasteiger partial charge in [0.25, 0.3) is 0 Å². The second-order valence-corrected chi connectivity index (χ2v) is 2.06. The first-order valence-electron chi connectivity index (χ1n) is 2.55. The van der Waals surface area contributed by atoms with Gasteiger partial charge in [0.2, 0.25) is 0 Å². The lowest BCUT2D eigenvalue weighted by molar-refractivity contribution is 0.565. The highest BCUT2D eigenvalue weighted by Gasteiger charge is 2.07. The fraction of sp³-hybridized carbons (Fsp3) is 0.667. The molecule has 0 fully saturated rings.